The molecule has 6 rings (SSSR count). The van der Waals surface area contributed by atoms with E-state index in [1.54, 1.807) is 0 Å². The number of esters is 1. The minimum atomic E-state index is -0.206. The number of carbonyl (C=O) groups excluding carboxylic acids is 1. The standard InChI is InChI=1S/C29H45ClNO2/c1-17-6-7-24-18(2)26-25(31(24)16-17)14-23-21-9-13-29(30)15-20(33-19(3)32)8-12-28(29,5)22(21)10-11-27(23,26)4/h17-18,20-24,26H,6-16H2,1-5H3/q+1/t17-,18+,20-,21+,22-,23-,24+,26-,27-,28+,29+/m0/s1. The second kappa shape index (κ2) is 7.47. The molecule has 0 aromatic heterocycles. The molecule has 0 amide bonds. The summed E-state index contributed by atoms with van der Waals surface area (Å²) in [6.45, 7) is 13.1. The highest BCUT2D eigenvalue weighted by Gasteiger charge is 2.69. The fraction of sp³-hybridized carbons (Fsp3) is 0.931. The van der Waals surface area contributed by atoms with Gasteiger partial charge in [0.15, 0.2) is 11.8 Å². The van der Waals surface area contributed by atoms with Gasteiger partial charge in [-0.25, -0.2) is 4.58 Å². The normalized spacial score (nSPS) is 55.2. The molecule has 2 aliphatic heterocycles. The first-order valence-electron chi connectivity index (χ1n) is 14.1. The van der Waals surface area contributed by atoms with Crippen LogP contribution >= 0.6 is 11.6 Å². The van der Waals surface area contributed by atoms with Crippen LogP contribution in [0.5, 0.6) is 0 Å². The molecule has 0 bridgehead atoms. The van der Waals surface area contributed by atoms with E-state index in [1.807, 2.05) is 5.71 Å². The highest BCUT2D eigenvalue weighted by molar-refractivity contribution is 6.24. The molecule has 33 heavy (non-hydrogen) atoms. The number of rotatable bonds is 1. The summed E-state index contributed by atoms with van der Waals surface area (Å²) < 4.78 is 8.58. The monoisotopic (exact) mass is 474 g/mol. The van der Waals surface area contributed by atoms with Crippen LogP contribution in [0.2, 0.25) is 0 Å². The fourth-order valence-corrected chi connectivity index (χ4v) is 11.3. The van der Waals surface area contributed by atoms with Gasteiger partial charge in [0, 0.05) is 38.0 Å². The SMILES string of the molecule is CC(=O)O[C@H]1CC[C@]2(C)[C@H]3CC[C@]4(C)[C@@H]5C(=[N+]6C[C@@H](C)CC[C@@H]6[C@H]5C)C[C@H]4[C@@H]3CC[C@@]2(Cl)C1. The molecule has 5 fully saturated rings. The van der Waals surface area contributed by atoms with Crippen LogP contribution in [0.1, 0.15) is 98.8 Å². The minimum Gasteiger partial charge on any atom is -0.462 e. The van der Waals surface area contributed by atoms with Gasteiger partial charge in [-0.05, 0) is 73.5 Å². The van der Waals surface area contributed by atoms with E-state index in [9.17, 15) is 4.79 Å². The number of halogens is 1. The Morgan fingerprint density at radius 3 is 2.58 bits per heavy atom. The summed E-state index contributed by atoms with van der Waals surface area (Å²) >= 11 is 7.52. The number of alkyl halides is 1. The maximum Gasteiger partial charge on any atom is 0.302 e. The highest BCUT2D eigenvalue weighted by atomic mass is 35.5. The molecule has 6 aliphatic rings. The summed E-state index contributed by atoms with van der Waals surface area (Å²) in [7, 11) is 0. The second-order valence-corrected chi connectivity index (χ2v) is 14.5. The van der Waals surface area contributed by atoms with E-state index in [-0.39, 0.29) is 22.4 Å². The van der Waals surface area contributed by atoms with Gasteiger partial charge in [0.2, 0.25) is 0 Å². The Morgan fingerprint density at radius 2 is 1.82 bits per heavy atom. The molecule has 2 heterocycles. The number of carbonyl (C=O) groups is 1. The zero-order valence-electron chi connectivity index (χ0n) is 21.5. The Hall–Kier alpha value is -0.570. The Bertz CT molecular complexity index is 885. The van der Waals surface area contributed by atoms with Crippen molar-refractivity contribution in [3.8, 4) is 0 Å². The van der Waals surface area contributed by atoms with E-state index in [2.05, 4.69) is 32.3 Å². The number of nitrogens with zero attached hydrogens (tertiary/aromatic N) is 1. The van der Waals surface area contributed by atoms with Gasteiger partial charge in [-0.1, -0.05) is 27.7 Å². The molecule has 0 aromatic carbocycles. The van der Waals surface area contributed by atoms with Crippen molar-refractivity contribution in [1.82, 2.24) is 0 Å². The Balaban J connectivity index is 1.30. The average molecular weight is 475 g/mol. The molecule has 184 valence electrons. The first-order valence-corrected chi connectivity index (χ1v) is 14.4. The number of piperidine rings is 1. The number of fused-ring (bicyclic) bond motifs is 8. The van der Waals surface area contributed by atoms with Crippen molar-refractivity contribution in [2.45, 2.75) is 116 Å². The molecule has 0 spiro atoms. The minimum absolute atomic E-state index is 0.0127. The fourth-order valence-electron chi connectivity index (χ4n) is 10.8. The van der Waals surface area contributed by atoms with Crippen LogP contribution in [0.3, 0.4) is 0 Å². The van der Waals surface area contributed by atoms with Crippen molar-refractivity contribution < 1.29 is 14.1 Å². The van der Waals surface area contributed by atoms with Crippen molar-refractivity contribution in [3.63, 3.8) is 0 Å². The van der Waals surface area contributed by atoms with Crippen LogP contribution in [0.25, 0.3) is 0 Å². The summed E-state index contributed by atoms with van der Waals surface area (Å²) in [4.78, 5) is 11.4. The first-order chi connectivity index (χ1) is 15.6. The first kappa shape index (κ1) is 22.9. The summed E-state index contributed by atoms with van der Waals surface area (Å²) in [6.07, 6.45) is 12.2. The predicted octanol–water partition coefficient (Wildman–Crippen LogP) is 6.45. The molecule has 0 unspecified atom stereocenters. The van der Waals surface area contributed by atoms with Gasteiger partial charge in [-0.2, -0.15) is 0 Å². The van der Waals surface area contributed by atoms with Crippen molar-refractivity contribution in [1.29, 1.82) is 0 Å². The molecule has 4 aliphatic carbocycles. The third-order valence-electron chi connectivity index (χ3n) is 12.3. The second-order valence-electron chi connectivity index (χ2n) is 13.8. The number of hydrogen-bond donors (Lipinski definition) is 0. The van der Waals surface area contributed by atoms with Crippen molar-refractivity contribution >= 4 is 23.3 Å². The van der Waals surface area contributed by atoms with Crippen LogP contribution in [0.15, 0.2) is 0 Å². The maximum absolute atomic E-state index is 11.6. The Morgan fingerprint density at radius 1 is 1.03 bits per heavy atom. The predicted molar refractivity (Wildman–Crippen MR) is 133 cm³/mol. The van der Waals surface area contributed by atoms with Gasteiger partial charge >= 0.3 is 5.97 Å². The molecule has 1 saturated heterocycles. The van der Waals surface area contributed by atoms with Crippen LogP contribution in [-0.2, 0) is 9.53 Å². The lowest BCUT2D eigenvalue weighted by atomic mass is 9.44. The topological polar surface area (TPSA) is 29.3 Å². The highest BCUT2D eigenvalue weighted by Crippen LogP contribution is 2.70. The van der Waals surface area contributed by atoms with E-state index in [4.69, 9.17) is 16.3 Å². The van der Waals surface area contributed by atoms with Gasteiger partial charge in [-0.3, -0.25) is 4.79 Å². The van der Waals surface area contributed by atoms with E-state index in [1.165, 1.54) is 52.0 Å². The molecule has 0 radical (unpaired) electrons. The van der Waals surface area contributed by atoms with Crippen LogP contribution < -0.4 is 0 Å². The molecule has 11 atom stereocenters. The molecule has 0 aromatic rings. The van der Waals surface area contributed by atoms with E-state index in [0.717, 1.165) is 67.2 Å². The molecular formula is C29H45ClNO2+. The Labute approximate surface area is 206 Å². The zero-order valence-corrected chi connectivity index (χ0v) is 22.3. The summed E-state index contributed by atoms with van der Waals surface area (Å²) in [5, 5.41) is 0. The third kappa shape index (κ3) is 3.05. The van der Waals surface area contributed by atoms with Crippen molar-refractivity contribution in [3.05, 3.63) is 0 Å². The largest absolute Gasteiger partial charge is 0.462 e. The van der Waals surface area contributed by atoms with Crippen molar-refractivity contribution in [2.75, 3.05) is 6.54 Å². The zero-order chi connectivity index (χ0) is 23.3. The molecule has 4 heteroatoms. The van der Waals surface area contributed by atoms with Gasteiger partial charge in [0.25, 0.3) is 0 Å². The van der Waals surface area contributed by atoms with Crippen LogP contribution in [0.4, 0.5) is 0 Å². The van der Waals surface area contributed by atoms with E-state index >= 15 is 0 Å². The summed E-state index contributed by atoms with van der Waals surface area (Å²) in [5.41, 5.74) is 2.51. The smallest absolute Gasteiger partial charge is 0.302 e. The van der Waals surface area contributed by atoms with E-state index in [0.29, 0.717) is 5.41 Å². The van der Waals surface area contributed by atoms with Crippen molar-refractivity contribution in [2.24, 2.45) is 46.3 Å². The van der Waals surface area contributed by atoms with Gasteiger partial charge in [-0.15, -0.1) is 11.6 Å². The molecule has 4 saturated carbocycles. The lowest BCUT2D eigenvalue weighted by Crippen LogP contribution is -2.61. The number of hydrogen-bond acceptors (Lipinski definition) is 2. The van der Waals surface area contributed by atoms with E-state index < -0.39 is 0 Å². The average Bonchev–Trinajstić information content (AvgIpc) is 3.20. The van der Waals surface area contributed by atoms with Crippen LogP contribution in [-0.4, -0.2) is 39.8 Å². The maximum atomic E-state index is 11.6. The van der Waals surface area contributed by atoms with Crippen LogP contribution in [0, 0.1) is 46.3 Å². The number of ether oxygens (including phenoxy) is 1. The third-order valence-corrected chi connectivity index (χ3v) is 13.1. The molecule has 0 N–H and O–H groups in total. The quantitative estimate of drug-likeness (QED) is 0.248. The lowest BCUT2D eigenvalue weighted by molar-refractivity contribution is -0.582. The van der Waals surface area contributed by atoms with Gasteiger partial charge in [0.1, 0.15) is 12.6 Å². The van der Waals surface area contributed by atoms with Gasteiger partial charge < -0.3 is 4.74 Å². The van der Waals surface area contributed by atoms with Gasteiger partial charge in [0.05, 0.1) is 10.8 Å². The molecule has 3 nitrogen and oxygen atoms in total. The summed E-state index contributed by atoms with van der Waals surface area (Å²) in [6, 6.07) is 0.813. The Kier molecular flexibility index (Phi) is 5.17. The lowest BCUT2D eigenvalue weighted by Gasteiger charge is -2.63. The molecular weight excluding hydrogens is 430 g/mol. The summed E-state index contributed by atoms with van der Waals surface area (Å²) in [5.74, 6) is 4.71.